The van der Waals surface area contributed by atoms with Crippen LogP contribution in [0.5, 0.6) is 5.75 Å². The second kappa shape index (κ2) is 8.87. The van der Waals surface area contributed by atoms with Gasteiger partial charge in [-0.15, -0.1) is 0 Å². The standard InChI is InChI=1S/C23H28ClNO3/c1-23(2,3)28-22(26)12-18-6-4-5-7-21(18)27-15-17-10-19(24)13-20(11-17)25-14-16-8-9-16/h4-7,10-11,13,16,25H,8-9,12,14-15H2,1-3H3. The molecular weight excluding hydrogens is 374 g/mol. The van der Waals surface area contributed by atoms with E-state index in [0.717, 1.165) is 29.3 Å². The number of nitrogens with one attached hydrogen (secondary N) is 1. The average Bonchev–Trinajstić information content (AvgIpc) is 3.41. The number of rotatable bonds is 8. The predicted molar refractivity (Wildman–Crippen MR) is 113 cm³/mol. The van der Waals surface area contributed by atoms with E-state index >= 15 is 0 Å². The van der Waals surface area contributed by atoms with Crippen LogP contribution in [-0.4, -0.2) is 18.1 Å². The molecule has 1 aliphatic rings. The van der Waals surface area contributed by atoms with Crippen molar-refractivity contribution in [3.05, 3.63) is 58.6 Å². The minimum Gasteiger partial charge on any atom is -0.489 e. The van der Waals surface area contributed by atoms with E-state index < -0.39 is 5.60 Å². The van der Waals surface area contributed by atoms with E-state index in [9.17, 15) is 4.79 Å². The van der Waals surface area contributed by atoms with Crippen LogP contribution in [0.15, 0.2) is 42.5 Å². The summed E-state index contributed by atoms with van der Waals surface area (Å²) in [6.07, 6.45) is 2.78. The summed E-state index contributed by atoms with van der Waals surface area (Å²) in [4.78, 5) is 12.2. The van der Waals surface area contributed by atoms with Gasteiger partial charge in [0.2, 0.25) is 0 Å². The lowest BCUT2D eigenvalue weighted by Crippen LogP contribution is -2.25. The normalized spacial score (nSPS) is 13.9. The number of benzene rings is 2. The molecule has 150 valence electrons. The van der Waals surface area contributed by atoms with Gasteiger partial charge in [0, 0.05) is 22.8 Å². The largest absolute Gasteiger partial charge is 0.489 e. The second-order valence-corrected chi connectivity index (χ2v) is 8.77. The van der Waals surface area contributed by atoms with E-state index in [1.165, 1.54) is 12.8 Å². The van der Waals surface area contributed by atoms with Crippen LogP contribution in [0.4, 0.5) is 5.69 Å². The Bertz CT molecular complexity index is 825. The van der Waals surface area contributed by atoms with Crippen molar-refractivity contribution in [2.45, 2.75) is 52.2 Å². The smallest absolute Gasteiger partial charge is 0.310 e. The van der Waals surface area contributed by atoms with Crippen LogP contribution in [0.3, 0.4) is 0 Å². The summed E-state index contributed by atoms with van der Waals surface area (Å²) in [6.45, 7) is 6.95. The number of esters is 1. The lowest BCUT2D eigenvalue weighted by atomic mass is 10.1. The van der Waals surface area contributed by atoms with Gasteiger partial charge in [-0.3, -0.25) is 4.79 Å². The van der Waals surface area contributed by atoms with Gasteiger partial charge in [0.15, 0.2) is 0 Å². The molecule has 1 N–H and O–H groups in total. The Morgan fingerprint density at radius 3 is 2.64 bits per heavy atom. The summed E-state index contributed by atoms with van der Waals surface area (Å²) in [6, 6.07) is 13.5. The number of carbonyl (C=O) groups is 1. The zero-order valence-electron chi connectivity index (χ0n) is 16.8. The molecule has 1 saturated carbocycles. The molecule has 0 bridgehead atoms. The maximum atomic E-state index is 12.2. The molecular formula is C23H28ClNO3. The van der Waals surface area contributed by atoms with E-state index in [2.05, 4.69) is 11.4 Å². The first kappa shape index (κ1) is 20.5. The maximum absolute atomic E-state index is 12.2. The van der Waals surface area contributed by atoms with Crippen molar-refractivity contribution >= 4 is 23.3 Å². The zero-order chi connectivity index (χ0) is 20.1. The van der Waals surface area contributed by atoms with Gasteiger partial charge in [-0.2, -0.15) is 0 Å². The minimum absolute atomic E-state index is 0.178. The molecule has 1 aliphatic carbocycles. The molecule has 0 radical (unpaired) electrons. The third-order valence-corrected chi connectivity index (χ3v) is 4.59. The van der Waals surface area contributed by atoms with Crippen LogP contribution < -0.4 is 10.1 Å². The highest BCUT2D eigenvalue weighted by Gasteiger charge is 2.21. The van der Waals surface area contributed by atoms with Gasteiger partial charge < -0.3 is 14.8 Å². The van der Waals surface area contributed by atoms with Crippen LogP contribution in [-0.2, 0) is 22.6 Å². The monoisotopic (exact) mass is 401 g/mol. The highest BCUT2D eigenvalue weighted by Crippen LogP contribution is 2.30. The van der Waals surface area contributed by atoms with Crippen molar-refractivity contribution in [2.75, 3.05) is 11.9 Å². The number of para-hydroxylation sites is 1. The van der Waals surface area contributed by atoms with E-state index in [0.29, 0.717) is 17.4 Å². The highest BCUT2D eigenvalue weighted by atomic mass is 35.5. The topological polar surface area (TPSA) is 47.6 Å². The lowest BCUT2D eigenvalue weighted by molar-refractivity contribution is -0.153. The van der Waals surface area contributed by atoms with Gasteiger partial charge in [0.05, 0.1) is 6.42 Å². The molecule has 5 heteroatoms. The van der Waals surface area contributed by atoms with Crippen molar-refractivity contribution in [2.24, 2.45) is 5.92 Å². The number of hydrogen-bond acceptors (Lipinski definition) is 4. The first-order valence-corrected chi connectivity index (χ1v) is 10.1. The molecule has 0 amide bonds. The quantitative estimate of drug-likeness (QED) is 0.582. The summed E-state index contributed by atoms with van der Waals surface area (Å²) < 4.78 is 11.4. The molecule has 4 nitrogen and oxygen atoms in total. The maximum Gasteiger partial charge on any atom is 0.310 e. The van der Waals surface area contributed by atoms with Gasteiger partial charge in [-0.05, 0) is 69.4 Å². The number of anilines is 1. The molecule has 0 unspecified atom stereocenters. The third-order valence-electron chi connectivity index (χ3n) is 4.37. The summed E-state index contributed by atoms with van der Waals surface area (Å²) in [5.74, 6) is 1.21. The highest BCUT2D eigenvalue weighted by molar-refractivity contribution is 6.30. The van der Waals surface area contributed by atoms with Crippen molar-refractivity contribution < 1.29 is 14.3 Å². The summed E-state index contributed by atoms with van der Waals surface area (Å²) in [7, 11) is 0. The minimum atomic E-state index is -0.502. The molecule has 1 fully saturated rings. The molecule has 28 heavy (non-hydrogen) atoms. The van der Waals surface area contributed by atoms with Crippen molar-refractivity contribution in [3.8, 4) is 5.75 Å². The molecule has 0 spiro atoms. The number of carbonyl (C=O) groups excluding carboxylic acids is 1. The van der Waals surface area contributed by atoms with E-state index in [1.54, 1.807) is 0 Å². The zero-order valence-corrected chi connectivity index (χ0v) is 17.5. The Hall–Kier alpha value is -2.20. The Morgan fingerprint density at radius 2 is 1.93 bits per heavy atom. The van der Waals surface area contributed by atoms with Crippen LogP contribution in [0.25, 0.3) is 0 Å². The summed E-state index contributed by atoms with van der Waals surface area (Å²) in [5, 5.41) is 4.13. The summed E-state index contributed by atoms with van der Waals surface area (Å²) in [5.41, 5.74) is 2.31. The molecule has 0 atom stereocenters. The average molecular weight is 402 g/mol. The van der Waals surface area contributed by atoms with E-state index in [4.69, 9.17) is 21.1 Å². The van der Waals surface area contributed by atoms with Gasteiger partial charge in [0.1, 0.15) is 18.0 Å². The van der Waals surface area contributed by atoms with E-state index in [1.807, 2.05) is 57.2 Å². The van der Waals surface area contributed by atoms with Gasteiger partial charge in [0.25, 0.3) is 0 Å². The van der Waals surface area contributed by atoms with Crippen molar-refractivity contribution in [1.82, 2.24) is 0 Å². The fraction of sp³-hybridized carbons (Fsp3) is 0.435. The Labute approximate surface area is 172 Å². The Kier molecular flexibility index (Phi) is 6.50. The predicted octanol–water partition coefficient (Wildman–Crippen LogP) is 5.63. The molecule has 3 rings (SSSR count). The first-order valence-electron chi connectivity index (χ1n) is 9.74. The fourth-order valence-corrected chi connectivity index (χ4v) is 3.16. The molecule has 0 saturated heterocycles. The van der Waals surface area contributed by atoms with Crippen LogP contribution in [0, 0.1) is 5.92 Å². The van der Waals surface area contributed by atoms with Crippen LogP contribution >= 0.6 is 11.6 Å². The van der Waals surface area contributed by atoms with Crippen LogP contribution in [0.1, 0.15) is 44.7 Å². The molecule has 2 aromatic carbocycles. The lowest BCUT2D eigenvalue weighted by Gasteiger charge is -2.20. The van der Waals surface area contributed by atoms with Crippen molar-refractivity contribution in [3.63, 3.8) is 0 Å². The van der Waals surface area contributed by atoms with Crippen molar-refractivity contribution in [1.29, 1.82) is 0 Å². The third kappa shape index (κ3) is 6.75. The Morgan fingerprint density at radius 1 is 1.18 bits per heavy atom. The SMILES string of the molecule is CC(C)(C)OC(=O)Cc1ccccc1OCc1cc(Cl)cc(NCC2CC2)c1. The fourth-order valence-electron chi connectivity index (χ4n) is 2.90. The molecule has 2 aromatic rings. The number of halogens is 1. The molecule has 0 aromatic heterocycles. The van der Waals surface area contributed by atoms with Crippen LogP contribution in [0.2, 0.25) is 5.02 Å². The summed E-state index contributed by atoms with van der Waals surface area (Å²) >= 11 is 6.27. The Balaban J connectivity index is 1.63. The van der Waals surface area contributed by atoms with Gasteiger partial charge in [-0.25, -0.2) is 0 Å². The van der Waals surface area contributed by atoms with Gasteiger partial charge in [-0.1, -0.05) is 29.8 Å². The number of ether oxygens (including phenoxy) is 2. The van der Waals surface area contributed by atoms with Gasteiger partial charge >= 0.3 is 5.97 Å². The second-order valence-electron chi connectivity index (χ2n) is 8.33. The van der Waals surface area contributed by atoms with E-state index in [-0.39, 0.29) is 12.4 Å². The first-order chi connectivity index (χ1) is 13.3. The molecule has 0 aliphatic heterocycles. The molecule has 0 heterocycles. The number of hydrogen-bond donors (Lipinski definition) is 1.